The molecule has 1 rings (SSSR count). The van der Waals surface area contributed by atoms with Crippen LogP contribution in [0.1, 0.15) is 6.92 Å². The van der Waals surface area contributed by atoms with E-state index in [1.54, 1.807) is 0 Å². The van der Waals surface area contributed by atoms with E-state index in [1.807, 2.05) is 0 Å². The third-order valence-corrected chi connectivity index (χ3v) is 2.37. The van der Waals surface area contributed by atoms with Gasteiger partial charge >= 0.3 is 6.18 Å². The van der Waals surface area contributed by atoms with Gasteiger partial charge in [-0.25, -0.2) is 4.98 Å². The van der Waals surface area contributed by atoms with Crippen LogP contribution >= 0.6 is 11.8 Å². The van der Waals surface area contributed by atoms with E-state index < -0.39 is 11.4 Å². The van der Waals surface area contributed by atoms with Crippen molar-refractivity contribution in [3.05, 3.63) is 18.6 Å². The monoisotopic (exact) mass is 208 g/mol. The summed E-state index contributed by atoms with van der Waals surface area (Å²) in [5.74, 6) is 0. The van der Waals surface area contributed by atoms with Gasteiger partial charge in [0.05, 0.1) is 6.20 Å². The Kier molecular flexibility index (Phi) is 3.13. The number of hydrogen-bond acceptors (Lipinski definition) is 3. The van der Waals surface area contributed by atoms with Crippen molar-refractivity contribution >= 4 is 11.8 Å². The molecule has 72 valence electrons. The largest absolute Gasteiger partial charge is 0.400 e. The Bertz CT molecular complexity index is 262. The first-order chi connectivity index (χ1) is 6.00. The van der Waals surface area contributed by atoms with Crippen LogP contribution in [0, 0.1) is 0 Å². The molecule has 0 amide bonds. The molecule has 0 saturated heterocycles. The Morgan fingerprint density at radius 3 is 2.54 bits per heavy atom. The molecule has 1 atom stereocenters. The van der Waals surface area contributed by atoms with E-state index in [2.05, 4.69) is 9.97 Å². The molecule has 1 unspecified atom stereocenters. The quantitative estimate of drug-likeness (QED) is 0.698. The van der Waals surface area contributed by atoms with E-state index >= 15 is 0 Å². The maximum absolute atomic E-state index is 12.1. The number of alkyl halides is 3. The van der Waals surface area contributed by atoms with E-state index in [9.17, 15) is 13.2 Å². The lowest BCUT2D eigenvalue weighted by Crippen LogP contribution is -2.22. The van der Waals surface area contributed by atoms with Crippen molar-refractivity contribution in [3.63, 3.8) is 0 Å². The van der Waals surface area contributed by atoms with Crippen LogP contribution in [-0.4, -0.2) is 21.4 Å². The minimum Gasteiger partial charge on any atom is -0.260 e. The highest BCUT2D eigenvalue weighted by Crippen LogP contribution is 2.33. The van der Waals surface area contributed by atoms with Crippen molar-refractivity contribution in [2.45, 2.75) is 23.4 Å². The fourth-order valence-corrected chi connectivity index (χ4v) is 1.33. The Labute approximate surface area is 77.6 Å². The van der Waals surface area contributed by atoms with Gasteiger partial charge in [-0.1, -0.05) is 11.8 Å². The van der Waals surface area contributed by atoms with Crippen LogP contribution in [0.15, 0.2) is 23.6 Å². The summed E-state index contributed by atoms with van der Waals surface area (Å²) in [5, 5.41) is -1.17. The first kappa shape index (κ1) is 10.3. The SMILES string of the molecule is CC(Sc1cnccn1)C(F)(F)F. The van der Waals surface area contributed by atoms with Gasteiger partial charge in [-0.3, -0.25) is 4.98 Å². The Morgan fingerprint density at radius 1 is 1.38 bits per heavy atom. The summed E-state index contributed by atoms with van der Waals surface area (Å²) in [6, 6.07) is 0. The molecule has 0 fully saturated rings. The maximum atomic E-state index is 12.1. The van der Waals surface area contributed by atoms with Crippen LogP contribution in [-0.2, 0) is 0 Å². The lowest BCUT2D eigenvalue weighted by molar-refractivity contribution is -0.125. The summed E-state index contributed by atoms with van der Waals surface area (Å²) in [6.07, 6.45) is -0.0944. The van der Waals surface area contributed by atoms with E-state index in [0.29, 0.717) is 11.8 Å². The minimum absolute atomic E-state index is 0.285. The van der Waals surface area contributed by atoms with Crippen molar-refractivity contribution in [3.8, 4) is 0 Å². The van der Waals surface area contributed by atoms with Gasteiger partial charge in [0, 0.05) is 12.4 Å². The van der Waals surface area contributed by atoms with E-state index in [-0.39, 0.29) is 5.03 Å². The zero-order chi connectivity index (χ0) is 9.90. The average Bonchev–Trinajstić information content (AvgIpc) is 2.04. The molecule has 0 saturated carbocycles. The summed E-state index contributed by atoms with van der Waals surface area (Å²) in [4.78, 5) is 7.40. The minimum atomic E-state index is -4.19. The number of nitrogens with zero attached hydrogens (tertiary/aromatic N) is 2. The zero-order valence-electron chi connectivity index (χ0n) is 6.75. The zero-order valence-corrected chi connectivity index (χ0v) is 7.56. The van der Waals surface area contributed by atoms with Gasteiger partial charge < -0.3 is 0 Å². The highest BCUT2D eigenvalue weighted by Gasteiger charge is 2.36. The smallest absolute Gasteiger partial charge is 0.260 e. The van der Waals surface area contributed by atoms with E-state index in [1.165, 1.54) is 18.6 Å². The van der Waals surface area contributed by atoms with Crippen LogP contribution in [0.25, 0.3) is 0 Å². The van der Waals surface area contributed by atoms with Gasteiger partial charge in [-0.15, -0.1) is 0 Å². The van der Waals surface area contributed by atoms with Crippen molar-refractivity contribution < 1.29 is 13.2 Å². The van der Waals surface area contributed by atoms with Crippen molar-refractivity contribution in [1.29, 1.82) is 0 Å². The second kappa shape index (κ2) is 3.95. The summed E-state index contributed by atoms with van der Waals surface area (Å²) in [5.41, 5.74) is 0. The Balaban J connectivity index is 2.61. The summed E-state index contributed by atoms with van der Waals surface area (Å²) < 4.78 is 36.2. The number of aromatic nitrogens is 2. The first-order valence-corrected chi connectivity index (χ1v) is 4.37. The molecule has 0 aliphatic rings. The third-order valence-electron chi connectivity index (χ3n) is 1.30. The topological polar surface area (TPSA) is 25.8 Å². The second-order valence-electron chi connectivity index (χ2n) is 2.35. The molecule has 0 bridgehead atoms. The molecule has 13 heavy (non-hydrogen) atoms. The lowest BCUT2D eigenvalue weighted by Gasteiger charge is -2.13. The van der Waals surface area contributed by atoms with Gasteiger partial charge in [-0.05, 0) is 6.92 Å². The van der Waals surface area contributed by atoms with Crippen LogP contribution < -0.4 is 0 Å². The normalized spacial score (nSPS) is 14.2. The Morgan fingerprint density at radius 2 is 2.08 bits per heavy atom. The molecule has 2 nitrogen and oxygen atoms in total. The van der Waals surface area contributed by atoms with E-state index in [0.717, 1.165) is 6.92 Å². The Hall–Kier alpha value is -0.780. The van der Waals surface area contributed by atoms with Crippen molar-refractivity contribution in [1.82, 2.24) is 9.97 Å². The molecule has 0 aromatic carbocycles. The molecule has 0 radical (unpaired) electrons. The fourth-order valence-electron chi connectivity index (χ4n) is 0.594. The number of hydrogen-bond donors (Lipinski definition) is 0. The second-order valence-corrected chi connectivity index (χ2v) is 3.71. The molecule has 1 heterocycles. The van der Waals surface area contributed by atoms with Crippen LogP contribution in [0.3, 0.4) is 0 Å². The van der Waals surface area contributed by atoms with Gasteiger partial charge in [-0.2, -0.15) is 13.2 Å². The van der Waals surface area contributed by atoms with Gasteiger partial charge in [0.15, 0.2) is 0 Å². The molecule has 1 aromatic heterocycles. The van der Waals surface area contributed by atoms with Crippen LogP contribution in [0.2, 0.25) is 0 Å². The molecule has 0 spiro atoms. The fraction of sp³-hybridized carbons (Fsp3) is 0.429. The highest BCUT2D eigenvalue weighted by atomic mass is 32.2. The number of halogens is 3. The molecule has 0 aliphatic carbocycles. The van der Waals surface area contributed by atoms with Crippen molar-refractivity contribution in [2.75, 3.05) is 0 Å². The number of rotatable bonds is 2. The number of thioether (sulfide) groups is 1. The van der Waals surface area contributed by atoms with Crippen LogP contribution in [0.4, 0.5) is 13.2 Å². The molecular formula is C7H7F3N2S. The third kappa shape index (κ3) is 3.22. The highest BCUT2D eigenvalue weighted by molar-refractivity contribution is 7.99. The van der Waals surface area contributed by atoms with Gasteiger partial charge in [0.1, 0.15) is 10.3 Å². The standard InChI is InChI=1S/C7H7F3N2S/c1-5(7(8,9)10)13-6-4-11-2-3-12-6/h2-5H,1H3. The summed E-state index contributed by atoms with van der Waals surface area (Å²) >= 11 is 0.652. The maximum Gasteiger partial charge on any atom is 0.400 e. The molecule has 0 N–H and O–H groups in total. The predicted octanol–water partition coefficient (Wildman–Crippen LogP) is 2.52. The molecule has 6 heteroatoms. The molecular weight excluding hydrogens is 201 g/mol. The van der Waals surface area contributed by atoms with E-state index in [4.69, 9.17) is 0 Å². The lowest BCUT2D eigenvalue weighted by atomic mass is 10.5. The van der Waals surface area contributed by atoms with Gasteiger partial charge in [0.2, 0.25) is 0 Å². The average molecular weight is 208 g/mol. The summed E-state index contributed by atoms with van der Waals surface area (Å²) in [6.45, 7) is 1.10. The first-order valence-electron chi connectivity index (χ1n) is 3.49. The molecule has 1 aromatic rings. The predicted molar refractivity (Wildman–Crippen MR) is 43.4 cm³/mol. The van der Waals surface area contributed by atoms with Gasteiger partial charge in [0.25, 0.3) is 0 Å². The van der Waals surface area contributed by atoms with Crippen molar-refractivity contribution in [2.24, 2.45) is 0 Å². The summed E-state index contributed by atoms with van der Waals surface area (Å²) in [7, 11) is 0. The van der Waals surface area contributed by atoms with Crippen LogP contribution in [0.5, 0.6) is 0 Å². The molecule has 0 aliphatic heterocycles.